The smallest absolute Gasteiger partial charge is 0.0151 e. The van der Waals surface area contributed by atoms with Crippen molar-refractivity contribution < 1.29 is 0 Å². The minimum absolute atomic E-state index is 0.693. The zero-order valence-electron chi connectivity index (χ0n) is 12.4. The lowest BCUT2D eigenvalue weighted by Crippen LogP contribution is -2.41. The SMILES string of the molecule is CC(C)C1CCC(NC2Cc3ccccc3C2)CC1. The van der Waals surface area contributed by atoms with Crippen LogP contribution in [-0.4, -0.2) is 12.1 Å². The topological polar surface area (TPSA) is 12.0 Å². The third-order valence-electron chi connectivity index (χ3n) is 5.24. The van der Waals surface area contributed by atoms with Crippen molar-refractivity contribution in [3.8, 4) is 0 Å². The van der Waals surface area contributed by atoms with Gasteiger partial charge in [0.05, 0.1) is 0 Å². The van der Waals surface area contributed by atoms with E-state index in [2.05, 4.69) is 43.4 Å². The molecule has 0 unspecified atom stereocenters. The number of rotatable bonds is 3. The van der Waals surface area contributed by atoms with Gasteiger partial charge in [-0.15, -0.1) is 0 Å². The molecule has 2 aliphatic carbocycles. The average molecular weight is 257 g/mol. The number of hydrogen-bond acceptors (Lipinski definition) is 1. The molecule has 1 nitrogen and oxygen atoms in total. The van der Waals surface area contributed by atoms with E-state index in [1.807, 2.05) is 0 Å². The van der Waals surface area contributed by atoms with E-state index in [9.17, 15) is 0 Å². The number of fused-ring (bicyclic) bond motifs is 1. The highest BCUT2D eigenvalue weighted by molar-refractivity contribution is 5.33. The normalized spacial score (nSPS) is 27.7. The molecule has 0 spiro atoms. The maximum atomic E-state index is 3.92. The van der Waals surface area contributed by atoms with Crippen molar-refractivity contribution in [1.82, 2.24) is 5.32 Å². The summed E-state index contributed by atoms with van der Waals surface area (Å²) in [5, 5.41) is 3.92. The second kappa shape index (κ2) is 5.66. The summed E-state index contributed by atoms with van der Waals surface area (Å²) in [6, 6.07) is 10.4. The second-order valence-electron chi connectivity index (χ2n) is 6.90. The summed E-state index contributed by atoms with van der Waals surface area (Å²) < 4.78 is 0. The fourth-order valence-corrected chi connectivity index (χ4v) is 3.96. The Morgan fingerprint density at radius 2 is 1.47 bits per heavy atom. The van der Waals surface area contributed by atoms with E-state index in [0.29, 0.717) is 6.04 Å². The second-order valence-corrected chi connectivity index (χ2v) is 6.90. The molecular weight excluding hydrogens is 230 g/mol. The fraction of sp³-hybridized carbons (Fsp3) is 0.667. The molecule has 0 radical (unpaired) electrons. The first kappa shape index (κ1) is 13.2. The van der Waals surface area contributed by atoms with Crippen molar-refractivity contribution in [2.75, 3.05) is 0 Å². The van der Waals surface area contributed by atoms with Crippen LogP contribution in [0.3, 0.4) is 0 Å². The van der Waals surface area contributed by atoms with Gasteiger partial charge >= 0.3 is 0 Å². The van der Waals surface area contributed by atoms with Gasteiger partial charge in [-0.2, -0.15) is 0 Å². The van der Waals surface area contributed by atoms with Crippen LogP contribution in [0.15, 0.2) is 24.3 Å². The van der Waals surface area contributed by atoms with Crippen LogP contribution in [0.5, 0.6) is 0 Å². The lowest BCUT2D eigenvalue weighted by Gasteiger charge is -2.33. The number of nitrogens with one attached hydrogen (secondary N) is 1. The Balaban J connectivity index is 1.50. The highest BCUT2D eigenvalue weighted by Crippen LogP contribution is 2.31. The molecule has 19 heavy (non-hydrogen) atoms. The van der Waals surface area contributed by atoms with Gasteiger partial charge in [0.2, 0.25) is 0 Å². The van der Waals surface area contributed by atoms with Crippen molar-refractivity contribution in [2.24, 2.45) is 11.8 Å². The van der Waals surface area contributed by atoms with E-state index in [4.69, 9.17) is 0 Å². The summed E-state index contributed by atoms with van der Waals surface area (Å²) in [7, 11) is 0. The van der Waals surface area contributed by atoms with Crippen molar-refractivity contribution >= 4 is 0 Å². The predicted molar refractivity (Wildman–Crippen MR) is 81.4 cm³/mol. The minimum Gasteiger partial charge on any atom is -0.311 e. The van der Waals surface area contributed by atoms with Crippen LogP contribution in [0.2, 0.25) is 0 Å². The van der Waals surface area contributed by atoms with Crippen LogP contribution in [0.4, 0.5) is 0 Å². The quantitative estimate of drug-likeness (QED) is 0.864. The van der Waals surface area contributed by atoms with Crippen molar-refractivity contribution in [1.29, 1.82) is 0 Å². The first-order valence-electron chi connectivity index (χ1n) is 8.05. The molecule has 0 amide bonds. The summed E-state index contributed by atoms with van der Waals surface area (Å²) >= 11 is 0. The van der Waals surface area contributed by atoms with E-state index in [1.165, 1.54) is 38.5 Å². The monoisotopic (exact) mass is 257 g/mol. The first-order valence-corrected chi connectivity index (χ1v) is 8.05. The Morgan fingerprint density at radius 1 is 0.895 bits per heavy atom. The van der Waals surface area contributed by atoms with Crippen LogP contribution >= 0.6 is 0 Å². The molecule has 2 aliphatic rings. The summed E-state index contributed by atoms with van der Waals surface area (Å²) in [4.78, 5) is 0. The minimum atomic E-state index is 0.693. The molecule has 0 atom stereocenters. The molecule has 0 aromatic heterocycles. The molecule has 1 saturated carbocycles. The van der Waals surface area contributed by atoms with Crippen molar-refractivity contribution in [3.05, 3.63) is 35.4 Å². The van der Waals surface area contributed by atoms with Gasteiger partial charge in [-0.25, -0.2) is 0 Å². The van der Waals surface area contributed by atoms with Crippen LogP contribution < -0.4 is 5.32 Å². The molecule has 1 heteroatoms. The van der Waals surface area contributed by atoms with Gasteiger partial charge in [-0.05, 0) is 61.5 Å². The molecule has 0 bridgehead atoms. The third kappa shape index (κ3) is 3.02. The van der Waals surface area contributed by atoms with Crippen molar-refractivity contribution in [2.45, 2.75) is 64.5 Å². The number of hydrogen-bond donors (Lipinski definition) is 1. The molecule has 1 N–H and O–H groups in total. The Labute approximate surface area is 117 Å². The van der Waals surface area contributed by atoms with Gasteiger partial charge in [-0.1, -0.05) is 38.1 Å². The van der Waals surface area contributed by atoms with E-state index in [1.54, 1.807) is 11.1 Å². The largest absolute Gasteiger partial charge is 0.311 e. The standard InChI is InChI=1S/C18H27N/c1-13(2)14-7-9-17(10-8-14)19-18-11-15-5-3-4-6-16(15)12-18/h3-6,13-14,17-19H,7-12H2,1-2H3. The Hall–Kier alpha value is -0.820. The van der Waals surface area contributed by atoms with Crippen molar-refractivity contribution in [3.63, 3.8) is 0 Å². The van der Waals surface area contributed by atoms with E-state index >= 15 is 0 Å². The molecule has 3 rings (SSSR count). The van der Waals surface area contributed by atoms with Gasteiger partial charge in [0, 0.05) is 12.1 Å². The first-order chi connectivity index (χ1) is 9.22. The van der Waals surface area contributed by atoms with E-state index in [0.717, 1.165) is 17.9 Å². The lowest BCUT2D eigenvalue weighted by molar-refractivity contribution is 0.229. The summed E-state index contributed by atoms with van der Waals surface area (Å²) in [5.74, 6) is 1.84. The summed E-state index contributed by atoms with van der Waals surface area (Å²) in [6.45, 7) is 4.76. The maximum absolute atomic E-state index is 3.92. The average Bonchev–Trinajstić information content (AvgIpc) is 2.81. The van der Waals surface area contributed by atoms with Gasteiger partial charge in [0.25, 0.3) is 0 Å². The highest BCUT2D eigenvalue weighted by atomic mass is 15.0. The highest BCUT2D eigenvalue weighted by Gasteiger charge is 2.27. The van der Waals surface area contributed by atoms with Gasteiger partial charge < -0.3 is 5.32 Å². The van der Waals surface area contributed by atoms with Crippen LogP contribution in [0, 0.1) is 11.8 Å². The van der Waals surface area contributed by atoms with Gasteiger partial charge in [-0.3, -0.25) is 0 Å². The van der Waals surface area contributed by atoms with Gasteiger partial charge in [0.1, 0.15) is 0 Å². The molecule has 104 valence electrons. The van der Waals surface area contributed by atoms with Gasteiger partial charge in [0.15, 0.2) is 0 Å². The zero-order valence-corrected chi connectivity index (χ0v) is 12.4. The lowest BCUT2D eigenvalue weighted by atomic mass is 9.79. The number of benzene rings is 1. The summed E-state index contributed by atoms with van der Waals surface area (Å²) in [6.07, 6.45) is 8.09. The molecular formula is C18H27N. The molecule has 1 aromatic carbocycles. The Morgan fingerprint density at radius 3 is 2.00 bits per heavy atom. The fourth-order valence-electron chi connectivity index (χ4n) is 3.96. The van der Waals surface area contributed by atoms with Crippen LogP contribution in [0.1, 0.15) is 50.7 Å². The molecule has 1 fully saturated rings. The summed E-state index contributed by atoms with van der Waals surface area (Å²) in [5.41, 5.74) is 3.13. The van der Waals surface area contributed by atoms with E-state index < -0.39 is 0 Å². The maximum Gasteiger partial charge on any atom is 0.0151 e. The predicted octanol–water partition coefficient (Wildman–Crippen LogP) is 3.96. The Bertz CT molecular complexity index is 390. The third-order valence-corrected chi connectivity index (χ3v) is 5.24. The zero-order chi connectivity index (χ0) is 13.2. The molecule has 0 heterocycles. The molecule has 0 saturated heterocycles. The van der Waals surface area contributed by atoms with Crippen LogP contribution in [-0.2, 0) is 12.8 Å². The van der Waals surface area contributed by atoms with E-state index in [-0.39, 0.29) is 0 Å². The molecule has 1 aromatic rings. The molecule has 0 aliphatic heterocycles. The van der Waals surface area contributed by atoms with Crippen LogP contribution in [0.25, 0.3) is 0 Å². The Kier molecular flexibility index (Phi) is 3.93.